The quantitative estimate of drug-likeness (QED) is 0.707. The van der Waals surface area contributed by atoms with E-state index in [9.17, 15) is 0 Å². The minimum atomic E-state index is 0.458. The van der Waals surface area contributed by atoms with Crippen LogP contribution in [0, 0.1) is 0 Å². The molecule has 0 fully saturated rings. The zero-order chi connectivity index (χ0) is 13.5. The summed E-state index contributed by atoms with van der Waals surface area (Å²) in [5.41, 5.74) is 2.76. The van der Waals surface area contributed by atoms with Crippen LogP contribution < -0.4 is 10.1 Å². The van der Waals surface area contributed by atoms with Crippen LogP contribution in [0.25, 0.3) is 0 Å². The number of ether oxygens (including phenoxy) is 1. The number of rotatable bonds is 8. The molecule has 1 unspecified atom stereocenters. The van der Waals surface area contributed by atoms with Crippen molar-refractivity contribution < 1.29 is 4.74 Å². The van der Waals surface area contributed by atoms with E-state index in [1.54, 1.807) is 0 Å². The van der Waals surface area contributed by atoms with E-state index in [1.165, 1.54) is 43.2 Å². The van der Waals surface area contributed by atoms with E-state index in [0.717, 1.165) is 25.3 Å². The van der Waals surface area contributed by atoms with Crippen molar-refractivity contribution in [3.63, 3.8) is 0 Å². The van der Waals surface area contributed by atoms with Gasteiger partial charge in [0.05, 0.1) is 6.61 Å². The lowest BCUT2D eigenvalue weighted by Crippen LogP contribution is -2.22. The number of hydrogen-bond donors (Lipinski definition) is 1. The van der Waals surface area contributed by atoms with Gasteiger partial charge in [-0.2, -0.15) is 0 Å². The molecule has 2 nitrogen and oxygen atoms in total. The van der Waals surface area contributed by atoms with Crippen molar-refractivity contribution >= 4 is 0 Å². The summed E-state index contributed by atoms with van der Waals surface area (Å²) in [6.45, 7) is 6.42. The van der Waals surface area contributed by atoms with Crippen molar-refractivity contribution in [1.29, 1.82) is 0 Å². The summed E-state index contributed by atoms with van der Waals surface area (Å²) < 4.78 is 5.86. The second-order valence-corrected chi connectivity index (χ2v) is 5.44. The molecule has 1 atom stereocenters. The molecule has 106 valence electrons. The Hall–Kier alpha value is -1.02. The highest BCUT2D eigenvalue weighted by Crippen LogP contribution is 2.35. The fraction of sp³-hybridized carbons (Fsp3) is 0.647. The molecule has 1 aliphatic heterocycles. The minimum Gasteiger partial charge on any atom is -0.493 e. The lowest BCUT2D eigenvalue weighted by atomic mass is 9.97. The molecule has 1 aromatic rings. The van der Waals surface area contributed by atoms with Gasteiger partial charge in [0.2, 0.25) is 0 Å². The third-order valence-electron chi connectivity index (χ3n) is 3.86. The lowest BCUT2D eigenvalue weighted by Gasteiger charge is -2.21. The van der Waals surface area contributed by atoms with Gasteiger partial charge in [0, 0.05) is 18.0 Å². The molecule has 0 spiro atoms. The third-order valence-corrected chi connectivity index (χ3v) is 3.86. The Morgan fingerprint density at radius 2 is 2.11 bits per heavy atom. The predicted octanol–water partition coefficient (Wildman–Crippen LogP) is 4.24. The number of fused-ring (bicyclic) bond motifs is 1. The van der Waals surface area contributed by atoms with E-state index in [0.29, 0.717) is 6.04 Å². The van der Waals surface area contributed by atoms with Crippen molar-refractivity contribution in [1.82, 2.24) is 5.32 Å². The van der Waals surface area contributed by atoms with Gasteiger partial charge in [-0.25, -0.2) is 0 Å². The van der Waals surface area contributed by atoms with E-state index in [1.807, 2.05) is 0 Å². The molecule has 0 radical (unpaired) electrons. The molecule has 1 aliphatic rings. The SMILES string of the molecule is CCCCCC(NCCC)c1cccc2c1OCC2. The highest BCUT2D eigenvalue weighted by molar-refractivity contribution is 5.45. The Labute approximate surface area is 117 Å². The van der Waals surface area contributed by atoms with Crippen LogP contribution in [0.2, 0.25) is 0 Å². The van der Waals surface area contributed by atoms with Crippen LogP contribution in [0.1, 0.15) is 63.1 Å². The molecule has 19 heavy (non-hydrogen) atoms. The first kappa shape index (κ1) is 14.4. The second-order valence-electron chi connectivity index (χ2n) is 5.44. The zero-order valence-corrected chi connectivity index (χ0v) is 12.4. The van der Waals surface area contributed by atoms with E-state index in [-0.39, 0.29) is 0 Å². The normalized spacial score (nSPS) is 15.1. The standard InChI is InChI=1S/C17H27NO/c1-3-5-6-10-16(18-12-4-2)15-9-7-8-14-11-13-19-17(14)15/h7-9,16,18H,3-6,10-13H2,1-2H3. The van der Waals surface area contributed by atoms with Crippen molar-refractivity contribution in [2.45, 2.75) is 58.4 Å². The molecule has 0 saturated heterocycles. The molecule has 2 heteroatoms. The monoisotopic (exact) mass is 261 g/mol. The molecule has 1 N–H and O–H groups in total. The summed E-state index contributed by atoms with van der Waals surface area (Å²) in [5, 5.41) is 3.69. The first-order valence-corrected chi connectivity index (χ1v) is 7.84. The molecular formula is C17H27NO. The Morgan fingerprint density at radius 3 is 2.89 bits per heavy atom. The molecular weight excluding hydrogens is 234 g/mol. The highest BCUT2D eigenvalue weighted by Gasteiger charge is 2.21. The Morgan fingerprint density at radius 1 is 1.21 bits per heavy atom. The first-order chi connectivity index (χ1) is 9.36. The largest absolute Gasteiger partial charge is 0.493 e. The summed E-state index contributed by atoms with van der Waals surface area (Å²) in [6, 6.07) is 7.08. The molecule has 0 amide bonds. The fourth-order valence-corrected chi connectivity index (χ4v) is 2.80. The van der Waals surface area contributed by atoms with Gasteiger partial charge in [-0.15, -0.1) is 0 Å². The van der Waals surface area contributed by atoms with Gasteiger partial charge in [0.1, 0.15) is 5.75 Å². The highest BCUT2D eigenvalue weighted by atomic mass is 16.5. The first-order valence-electron chi connectivity index (χ1n) is 7.84. The zero-order valence-electron chi connectivity index (χ0n) is 12.4. The maximum Gasteiger partial charge on any atom is 0.127 e. The number of nitrogens with one attached hydrogen (secondary N) is 1. The summed E-state index contributed by atoms with van der Waals surface area (Å²) in [5.74, 6) is 1.16. The molecule has 2 rings (SSSR count). The average Bonchev–Trinajstić information content (AvgIpc) is 2.91. The second kappa shape index (κ2) is 7.54. The van der Waals surface area contributed by atoms with Gasteiger partial charge in [-0.05, 0) is 24.9 Å². The summed E-state index contributed by atoms with van der Waals surface area (Å²) in [4.78, 5) is 0. The molecule has 1 heterocycles. The van der Waals surface area contributed by atoms with Crippen molar-refractivity contribution in [2.75, 3.05) is 13.2 Å². The average molecular weight is 261 g/mol. The van der Waals surface area contributed by atoms with Crippen LogP contribution in [-0.2, 0) is 6.42 Å². The maximum atomic E-state index is 5.86. The number of unbranched alkanes of at least 4 members (excludes halogenated alkanes) is 2. The van der Waals surface area contributed by atoms with E-state index in [2.05, 4.69) is 37.4 Å². The van der Waals surface area contributed by atoms with Crippen LogP contribution in [0.3, 0.4) is 0 Å². The Bertz CT molecular complexity index is 389. The van der Waals surface area contributed by atoms with Crippen molar-refractivity contribution in [3.8, 4) is 5.75 Å². The lowest BCUT2D eigenvalue weighted by molar-refractivity contribution is 0.345. The molecule has 0 bridgehead atoms. The van der Waals surface area contributed by atoms with Gasteiger partial charge in [0.15, 0.2) is 0 Å². The van der Waals surface area contributed by atoms with Crippen LogP contribution in [0.4, 0.5) is 0 Å². The third kappa shape index (κ3) is 3.73. The summed E-state index contributed by atoms with van der Waals surface area (Å²) >= 11 is 0. The summed E-state index contributed by atoms with van der Waals surface area (Å²) in [6.07, 6.45) is 7.36. The van der Waals surface area contributed by atoms with Crippen LogP contribution in [-0.4, -0.2) is 13.2 Å². The van der Waals surface area contributed by atoms with Crippen LogP contribution >= 0.6 is 0 Å². The smallest absolute Gasteiger partial charge is 0.127 e. The van der Waals surface area contributed by atoms with Gasteiger partial charge >= 0.3 is 0 Å². The van der Waals surface area contributed by atoms with E-state index in [4.69, 9.17) is 4.74 Å². The minimum absolute atomic E-state index is 0.458. The molecule has 1 aromatic carbocycles. The molecule has 0 aliphatic carbocycles. The van der Waals surface area contributed by atoms with Gasteiger partial charge in [-0.1, -0.05) is 51.3 Å². The fourth-order valence-electron chi connectivity index (χ4n) is 2.80. The molecule has 0 saturated carbocycles. The Balaban J connectivity index is 2.10. The predicted molar refractivity (Wildman–Crippen MR) is 80.8 cm³/mol. The van der Waals surface area contributed by atoms with Crippen LogP contribution in [0.5, 0.6) is 5.75 Å². The van der Waals surface area contributed by atoms with Gasteiger partial charge in [-0.3, -0.25) is 0 Å². The van der Waals surface area contributed by atoms with Crippen molar-refractivity contribution in [3.05, 3.63) is 29.3 Å². The van der Waals surface area contributed by atoms with E-state index >= 15 is 0 Å². The summed E-state index contributed by atoms with van der Waals surface area (Å²) in [7, 11) is 0. The van der Waals surface area contributed by atoms with Gasteiger partial charge < -0.3 is 10.1 Å². The topological polar surface area (TPSA) is 21.3 Å². The van der Waals surface area contributed by atoms with Gasteiger partial charge in [0.25, 0.3) is 0 Å². The number of hydrogen-bond acceptors (Lipinski definition) is 2. The number of benzene rings is 1. The van der Waals surface area contributed by atoms with Crippen molar-refractivity contribution in [2.24, 2.45) is 0 Å². The molecule has 0 aromatic heterocycles. The maximum absolute atomic E-state index is 5.86. The number of para-hydroxylation sites is 1. The Kier molecular flexibility index (Phi) is 5.71. The van der Waals surface area contributed by atoms with Crippen LogP contribution in [0.15, 0.2) is 18.2 Å². The van der Waals surface area contributed by atoms with E-state index < -0.39 is 0 Å².